The zero-order chi connectivity index (χ0) is 28.7. The van der Waals surface area contributed by atoms with Gasteiger partial charge in [-0.1, -0.05) is 38.8 Å². The highest BCUT2D eigenvalue weighted by Crippen LogP contribution is 2.30. The van der Waals surface area contributed by atoms with Crippen LogP contribution in [0, 0.1) is 5.82 Å². The Morgan fingerprint density at radius 3 is 2.21 bits per heavy atom. The van der Waals surface area contributed by atoms with Gasteiger partial charge in [0.25, 0.3) is 0 Å². The summed E-state index contributed by atoms with van der Waals surface area (Å²) in [4.78, 5) is 12.2. The van der Waals surface area contributed by atoms with Crippen LogP contribution in [0.5, 0.6) is 17.2 Å². The number of halogens is 1. The maximum absolute atomic E-state index is 14.5. The summed E-state index contributed by atoms with van der Waals surface area (Å²) in [6.45, 7) is 8.69. The fourth-order valence-corrected chi connectivity index (χ4v) is 4.52. The van der Waals surface area contributed by atoms with E-state index in [0.29, 0.717) is 55.1 Å². The maximum atomic E-state index is 14.5. The summed E-state index contributed by atoms with van der Waals surface area (Å²) in [6.07, 6.45) is 4.91. The zero-order valence-corrected chi connectivity index (χ0v) is 24.0. The molecule has 0 aliphatic heterocycles. The van der Waals surface area contributed by atoms with Crippen molar-refractivity contribution < 1.29 is 40.7 Å². The van der Waals surface area contributed by atoms with E-state index in [1.165, 1.54) is 12.1 Å². The molecule has 10 heteroatoms. The van der Waals surface area contributed by atoms with Gasteiger partial charge in [-0.05, 0) is 68.2 Å². The number of hydrogen-bond donors (Lipinski definition) is 0. The fraction of sp³-hybridized carbons (Fsp3) is 0.483. The predicted molar refractivity (Wildman–Crippen MR) is 148 cm³/mol. The van der Waals surface area contributed by atoms with E-state index >= 15 is 0 Å². The fourth-order valence-electron chi connectivity index (χ4n) is 3.39. The third-order valence-electron chi connectivity index (χ3n) is 5.41. The molecular weight excluding hydrogens is 527 g/mol. The van der Waals surface area contributed by atoms with E-state index < -0.39 is 21.9 Å². The molecule has 0 heterocycles. The second-order valence-electron chi connectivity index (χ2n) is 8.63. The van der Waals surface area contributed by atoms with Crippen molar-refractivity contribution in [2.24, 2.45) is 0 Å². The minimum absolute atomic E-state index is 0.0974. The van der Waals surface area contributed by atoms with Gasteiger partial charge in [0.2, 0.25) is 5.76 Å². The zero-order valence-electron chi connectivity index (χ0n) is 23.2. The van der Waals surface area contributed by atoms with Gasteiger partial charge in [-0.3, -0.25) is 0 Å². The quantitative estimate of drug-likeness (QED) is 0.0705. The molecule has 0 N–H and O–H groups in total. The molecule has 0 saturated heterocycles. The third kappa shape index (κ3) is 11.2. The van der Waals surface area contributed by atoms with Crippen LogP contribution in [0.25, 0.3) is 6.08 Å². The molecule has 0 aromatic heterocycles. The molecule has 0 aliphatic carbocycles. The average Bonchev–Trinajstić information content (AvgIpc) is 2.90. The van der Waals surface area contributed by atoms with Gasteiger partial charge in [-0.2, -0.15) is 8.42 Å². The summed E-state index contributed by atoms with van der Waals surface area (Å²) in [6, 6.07) is 9.42. The molecule has 39 heavy (non-hydrogen) atoms. The Bertz CT molecular complexity index is 1190. The van der Waals surface area contributed by atoms with E-state index in [2.05, 4.69) is 6.92 Å². The van der Waals surface area contributed by atoms with Crippen LogP contribution in [-0.2, 0) is 30.8 Å². The van der Waals surface area contributed by atoms with E-state index in [4.69, 9.17) is 23.1 Å². The lowest BCUT2D eigenvalue weighted by Gasteiger charge is -2.14. The minimum atomic E-state index is -3.84. The van der Waals surface area contributed by atoms with E-state index in [-0.39, 0.29) is 30.5 Å². The van der Waals surface area contributed by atoms with Gasteiger partial charge in [0, 0.05) is 6.42 Å². The minimum Gasteiger partial charge on any atom is -0.490 e. The molecule has 2 aromatic rings. The summed E-state index contributed by atoms with van der Waals surface area (Å²) < 4.78 is 65.7. The van der Waals surface area contributed by atoms with Crippen molar-refractivity contribution in [3.8, 4) is 17.2 Å². The number of rotatable bonds is 18. The third-order valence-corrected chi connectivity index (χ3v) is 6.63. The predicted octanol–water partition coefficient (Wildman–Crippen LogP) is 6.08. The average molecular weight is 567 g/mol. The van der Waals surface area contributed by atoms with E-state index in [1.807, 2.05) is 6.92 Å². The largest absolute Gasteiger partial charge is 0.490 e. The molecule has 0 saturated carbocycles. The number of benzene rings is 2. The molecular formula is C29H39FO8S. The van der Waals surface area contributed by atoms with Crippen LogP contribution in [0.15, 0.2) is 42.2 Å². The number of ether oxygens (including phenoxy) is 4. The molecule has 0 aliphatic rings. The number of carbonyl (C=O) groups is 1. The van der Waals surface area contributed by atoms with Crippen molar-refractivity contribution in [2.45, 2.75) is 59.8 Å². The van der Waals surface area contributed by atoms with Crippen LogP contribution in [0.3, 0.4) is 0 Å². The van der Waals surface area contributed by atoms with Crippen LogP contribution >= 0.6 is 0 Å². The van der Waals surface area contributed by atoms with E-state index in [1.54, 1.807) is 44.2 Å². The highest BCUT2D eigenvalue weighted by atomic mass is 32.2. The molecule has 0 unspecified atom stereocenters. The summed E-state index contributed by atoms with van der Waals surface area (Å²) in [5.41, 5.74) is 1.30. The van der Waals surface area contributed by atoms with Gasteiger partial charge in [0.15, 0.2) is 23.1 Å². The van der Waals surface area contributed by atoms with Crippen molar-refractivity contribution in [2.75, 3.05) is 32.2 Å². The lowest BCUT2D eigenvalue weighted by molar-refractivity contribution is -0.142. The smallest absolute Gasteiger partial charge is 0.373 e. The first-order valence-electron chi connectivity index (χ1n) is 13.3. The Balaban J connectivity index is 2.12. The molecule has 0 bridgehead atoms. The molecule has 216 valence electrons. The molecule has 0 amide bonds. The molecule has 0 atom stereocenters. The lowest BCUT2D eigenvalue weighted by Crippen LogP contribution is -2.14. The Morgan fingerprint density at radius 2 is 1.54 bits per heavy atom. The first kappa shape index (κ1) is 31.9. The number of carbonyl (C=O) groups excluding carboxylic acids is 1. The molecule has 2 rings (SSSR count). The van der Waals surface area contributed by atoms with Crippen molar-refractivity contribution in [3.63, 3.8) is 0 Å². The molecule has 2 aromatic carbocycles. The number of esters is 1. The first-order valence-corrected chi connectivity index (χ1v) is 14.9. The van der Waals surface area contributed by atoms with Crippen LogP contribution in [-0.4, -0.2) is 46.6 Å². The Kier molecular flexibility index (Phi) is 13.6. The molecule has 0 fully saturated rings. The van der Waals surface area contributed by atoms with Gasteiger partial charge in [0.05, 0.1) is 32.2 Å². The van der Waals surface area contributed by atoms with Crippen LogP contribution in [0.1, 0.15) is 64.5 Å². The van der Waals surface area contributed by atoms with Crippen molar-refractivity contribution in [1.82, 2.24) is 0 Å². The second-order valence-corrected chi connectivity index (χ2v) is 10.3. The molecule has 0 spiro atoms. The standard InChI is InChI=1S/C29H39FO8S/c1-5-9-16-36-27-20-23(21-28(34-7-3)29(31)35-8-4)12-14-26(27)37-17-15-22-11-13-25(24(30)19-22)38-39(32,33)18-10-6-2/h11-14,19-21H,5-10,15-18H2,1-4H3/b28-21-. The topological polar surface area (TPSA) is 97.4 Å². The van der Waals surface area contributed by atoms with Crippen molar-refractivity contribution in [1.29, 1.82) is 0 Å². The second kappa shape index (κ2) is 16.6. The van der Waals surface area contributed by atoms with Crippen LogP contribution in [0.4, 0.5) is 4.39 Å². The van der Waals surface area contributed by atoms with Crippen LogP contribution < -0.4 is 13.7 Å². The van der Waals surface area contributed by atoms with Crippen molar-refractivity contribution >= 4 is 22.2 Å². The summed E-state index contributed by atoms with van der Waals surface area (Å²) >= 11 is 0. The maximum Gasteiger partial charge on any atom is 0.373 e. The SMILES string of the molecule is CCCCOc1cc(/C=C(\OCC)C(=O)OCC)ccc1OCCc1ccc(OS(=O)(=O)CCCC)c(F)c1. The normalized spacial score (nSPS) is 11.7. The lowest BCUT2D eigenvalue weighted by atomic mass is 10.1. The number of hydrogen-bond acceptors (Lipinski definition) is 8. The van der Waals surface area contributed by atoms with Gasteiger partial charge in [-0.25, -0.2) is 9.18 Å². The summed E-state index contributed by atoms with van der Waals surface area (Å²) in [5.74, 6) is -0.676. The molecule has 0 radical (unpaired) electrons. The summed E-state index contributed by atoms with van der Waals surface area (Å²) in [5, 5.41) is 0. The number of unbranched alkanes of at least 4 members (excludes halogenated alkanes) is 2. The van der Waals surface area contributed by atoms with Gasteiger partial charge in [-0.15, -0.1) is 0 Å². The Labute approximate surface area is 231 Å². The molecule has 8 nitrogen and oxygen atoms in total. The van der Waals surface area contributed by atoms with Crippen molar-refractivity contribution in [3.05, 3.63) is 59.1 Å². The van der Waals surface area contributed by atoms with Gasteiger partial charge in [0.1, 0.15) is 0 Å². The highest BCUT2D eigenvalue weighted by molar-refractivity contribution is 7.87. The highest BCUT2D eigenvalue weighted by Gasteiger charge is 2.16. The van der Waals surface area contributed by atoms with Crippen LogP contribution in [0.2, 0.25) is 0 Å². The first-order chi connectivity index (χ1) is 18.7. The van der Waals surface area contributed by atoms with E-state index in [0.717, 1.165) is 12.8 Å². The Hall–Kier alpha value is -3.27. The van der Waals surface area contributed by atoms with Gasteiger partial charge >= 0.3 is 16.1 Å². The van der Waals surface area contributed by atoms with Gasteiger partial charge < -0.3 is 23.1 Å². The Morgan fingerprint density at radius 1 is 0.846 bits per heavy atom. The monoisotopic (exact) mass is 566 g/mol. The summed E-state index contributed by atoms with van der Waals surface area (Å²) in [7, 11) is -3.84. The van der Waals surface area contributed by atoms with E-state index in [9.17, 15) is 17.6 Å².